The summed E-state index contributed by atoms with van der Waals surface area (Å²) in [5, 5.41) is 21.5. The fourth-order valence-electron chi connectivity index (χ4n) is 2.66. The summed E-state index contributed by atoms with van der Waals surface area (Å²) in [5.41, 5.74) is -1.06. The highest BCUT2D eigenvalue weighted by Crippen LogP contribution is 2.27. The number of aryl methyl sites for hydroxylation is 1. The van der Waals surface area contributed by atoms with Crippen molar-refractivity contribution < 1.29 is 24.2 Å². The third-order valence-corrected chi connectivity index (χ3v) is 5.08. The predicted molar refractivity (Wildman–Crippen MR) is 86.7 cm³/mol. The molecule has 0 aliphatic carbocycles. The largest absolute Gasteiger partial charge is 0.479 e. The van der Waals surface area contributed by atoms with E-state index in [-0.39, 0.29) is 38.3 Å². The van der Waals surface area contributed by atoms with E-state index in [4.69, 9.17) is 9.52 Å². The van der Waals surface area contributed by atoms with Gasteiger partial charge in [0.2, 0.25) is 5.91 Å². The lowest BCUT2D eigenvalue weighted by Crippen LogP contribution is -2.51. The SMILES string of the molecule is Cc1ccc(-c2nc(CC(=O)N3CCC(O)(C(=O)O)CC3)cs2)o1. The van der Waals surface area contributed by atoms with Gasteiger partial charge in [-0.25, -0.2) is 9.78 Å². The van der Waals surface area contributed by atoms with Gasteiger partial charge in [0.25, 0.3) is 0 Å². The van der Waals surface area contributed by atoms with E-state index in [9.17, 15) is 14.7 Å². The fourth-order valence-corrected chi connectivity index (χ4v) is 3.44. The van der Waals surface area contributed by atoms with Gasteiger partial charge in [0.15, 0.2) is 16.4 Å². The summed E-state index contributed by atoms with van der Waals surface area (Å²) < 4.78 is 5.52. The first-order chi connectivity index (χ1) is 11.4. The van der Waals surface area contributed by atoms with Crippen LogP contribution in [0, 0.1) is 6.92 Å². The lowest BCUT2D eigenvalue weighted by Gasteiger charge is -2.35. The van der Waals surface area contributed by atoms with Crippen LogP contribution in [-0.4, -0.2) is 50.7 Å². The number of aliphatic carboxylic acids is 1. The highest BCUT2D eigenvalue weighted by Gasteiger charge is 2.40. The van der Waals surface area contributed by atoms with Crippen LogP contribution in [-0.2, 0) is 16.0 Å². The van der Waals surface area contributed by atoms with E-state index >= 15 is 0 Å². The number of amides is 1. The first-order valence-electron chi connectivity index (χ1n) is 7.62. The number of carboxylic acids is 1. The van der Waals surface area contributed by atoms with Crippen molar-refractivity contribution in [1.29, 1.82) is 0 Å². The highest BCUT2D eigenvalue weighted by molar-refractivity contribution is 7.13. The smallest absolute Gasteiger partial charge is 0.335 e. The summed E-state index contributed by atoms with van der Waals surface area (Å²) in [7, 11) is 0. The number of carbonyl (C=O) groups is 2. The Kier molecular flexibility index (Phi) is 4.42. The predicted octanol–water partition coefficient (Wildman–Crippen LogP) is 1.69. The van der Waals surface area contributed by atoms with Crippen LogP contribution < -0.4 is 0 Å². The number of rotatable bonds is 4. The quantitative estimate of drug-likeness (QED) is 0.870. The van der Waals surface area contributed by atoms with E-state index < -0.39 is 11.6 Å². The number of aromatic nitrogens is 1. The molecule has 2 N–H and O–H groups in total. The molecular formula is C16H18N2O5S. The van der Waals surface area contributed by atoms with E-state index in [1.165, 1.54) is 11.3 Å². The normalized spacial score (nSPS) is 17.0. The van der Waals surface area contributed by atoms with Crippen LogP contribution in [0.4, 0.5) is 0 Å². The Balaban J connectivity index is 1.60. The molecule has 2 aromatic heterocycles. The molecule has 1 saturated heterocycles. The Morgan fingerprint density at radius 2 is 2.08 bits per heavy atom. The van der Waals surface area contributed by atoms with Gasteiger partial charge < -0.3 is 19.5 Å². The third kappa shape index (κ3) is 3.34. The van der Waals surface area contributed by atoms with Gasteiger partial charge >= 0.3 is 5.97 Å². The van der Waals surface area contributed by atoms with Crippen LogP contribution >= 0.6 is 11.3 Å². The summed E-state index contributed by atoms with van der Waals surface area (Å²) in [4.78, 5) is 29.3. The highest BCUT2D eigenvalue weighted by atomic mass is 32.1. The number of likely N-dealkylation sites (tertiary alicyclic amines) is 1. The molecule has 8 heteroatoms. The van der Waals surface area contributed by atoms with E-state index in [2.05, 4.69) is 4.98 Å². The first kappa shape index (κ1) is 16.7. The first-order valence-corrected chi connectivity index (χ1v) is 8.50. The standard InChI is InChI=1S/C16H18N2O5S/c1-10-2-3-12(23-10)14-17-11(9-24-14)8-13(19)18-6-4-16(22,5-7-18)15(20)21/h2-3,9,22H,4-8H2,1H3,(H,20,21). The second-order valence-electron chi connectivity index (χ2n) is 5.95. The molecule has 7 nitrogen and oxygen atoms in total. The van der Waals surface area contributed by atoms with E-state index in [1.54, 1.807) is 4.90 Å². The lowest BCUT2D eigenvalue weighted by atomic mass is 9.91. The maximum absolute atomic E-state index is 12.3. The molecule has 0 spiro atoms. The molecular weight excluding hydrogens is 332 g/mol. The number of hydrogen-bond acceptors (Lipinski definition) is 6. The molecule has 0 unspecified atom stereocenters. The number of carbonyl (C=O) groups excluding carboxylic acids is 1. The molecule has 2 aromatic rings. The Bertz CT molecular complexity index is 758. The van der Waals surface area contributed by atoms with Crippen molar-refractivity contribution >= 4 is 23.2 Å². The van der Waals surface area contributed by atoms with Gasteiger partial charge in [-0.3, -0.25) is 4.79 Å². The van der Waals surface area contributed by atoms with Crippen LogP contribution in [0.2, 0.25) is 0 Å². The van der Waals surface area contributed by atoms with Crippen molar-refractivity contribution in [3.63, 3.8) is 0 Å². The minimum absolute atomic E-state index is 0.0437. The van der Waals surface area contributed by atoms with Gasteiger partial charge in [0.1, 0.15) is 5.76 Å². The van der Waals surface area contributed by atoms with Crippen LogP contribution in [0.3, 0.4) is 0 Å². The van der Waals surface area contributed by atoms with Crippen LogP contribution in [0.1, 0.15) is 24.3 Å². The van der Waals surface area contributed by atoms with Crippen molar-refractivity contribution in [3.05, 3.63) is 29.0 Å². The monoisotopic (exact) mass is 350 g/mol. The molecule has 0 saturated carbocycles. The fraction of sp³-hybridized carbons (Fsp3) is 0.438. The Morgan fingerprint density at radius 3 is 2.67 bits per heavy atom. The van der Waals surface area contributed by atoms with Gasteiger partial charge in [-0.2, -0.15) is 0 Å². The number of hydrogen-bond donors (Lipinski definition) is 2. The number of piperidine rings is 1. The van der Waals surface area contributed by atoms with Crippen molar-refractivity contribution in [1.82, 2.24) is 9.88 Å². The molecule has 1 fully saturated rings. The molecule has 0 bridgehead atoms. The van der Waals surface area contributed by atoms with E-state index in [0.29, 0.717) is 11.5 Å². The maximum atomic E-state index is 12.3. The van der Waals surface area contributed by atoms with E-state index in [1.807, 2.05) is 24.4 Å². The number of aliphatic hydroxyl groups is 1. The zero-order chi connectivity index (χ0) is 17.3. The summed E-state index contributed by atoms with van der Waals surface area (Å²) in [5.74, 6) is 0.139. The summed E-state index contributed by atoms with van der Waals surface area (Å²) in [6, 6.07) is 3.70. The zero-order valence-corrected chi connectivity index (χ0v) is 14.0. The second-order valence-corrected chi connectivity index (χ2v) is 6.81. The van der Waals surface area contributed by atoms with Crippen LogP contribution in [0.5, 0.6) is 0 Å². The summed E-state index contributed by atoms with van der Waals surface area (Å²) in [6.45, 7) is 2.32. The minimum Gasteiger partial charge on any atom is -0.479 e. The molecule has 1 aliphatic heterocycles. The topological polar surface area (TPSA) is 104 Å². The third-order valence-electron chi connectivity index (χ3n) is 4.18. The van der Waals surface area contributed by atoms with E-state index in [0.717, 1.165) is 10.8 Å². The number of thiazole rings is 1. The summed E-state index contributed by atoms with van der Waals surface area (Å²) in [6.07, 6.45) is 0.242. The molecule has 1 amide bonds. The molecule has 0 radical (unpaired) electrons. The van der Waals surface area contributed by atoms with Crippen molar-refractivity contribution in [2.75, 3.05) is 13.1 Å². The molecule has 0 aromatic carbocycles. The summed E-state index contributed by atoms with van der Waals surface area (Å²) >= 11 is 1.41. The molecule has 128 valence electrons. The Morgan fingerprint density at radius 1 is 1.38 bits per heavy atom. The van der Waals surface area contributed by atoms with Gasteiger partial charge in [0.05, 0.1) is 12.1 Å². The average molecular weight is 350 g/mol. The number of carboxylic acid groups (broad SMARTS) is 1. The second kappa shape index (κ2) is 6.37. The van der Waals surface area contributed by atoms with Crippen LogP contribution in [0.25, 0.3) is 10.8 Å². The van der Waals surface area contributed by atoms with Gasteiger partial charge in [-0.15, -0.1) is 11.3 Å². The Hall–Kier alpha value is -2.19. The Labute approximate surface area is 142 Å². The van der Waals surface area contributed by atoms with Gasteiger partial charge in [-0.1, -0.05) is 0 Å². The van der Waals surface area contributed by atoms with Gasteiger partial charge in [0, 0.05) is 31.3 Å². The van der Waals surface area contributed by atoms with Crippen LogP contribution in [0.15, 0.2) is 21.9 Å². The van der Waals surface area contributed by atoms with Crippen molar-refractivity contribution in [2.24, 2.45) is 0 Å². The minimum atomic E-state index is -1.72. The molecule has 0 atom stereocenters. The van der Waals surface area contributed by atoms with Gasteiger partial charge in [-0.05, 0) is 19.1 Å². The number of nitrogens with zero attached hydrogens (tertiary/aromatic N) is 2. The molecule has 3 heterocycles. The number of furan rings is 1. The van der Waals surface area contributed by atoms with Crippen molar-refractivity contribution in [2.45, 2.75) is 31.8 Å². The molecule has 3 rings (SSSR count). The lowest BCUT2D eigenvalue weighted by molar-refractivity contribution is -0.165. The molecule has 1 aliphatic rings. The average Bonchev–Trinajstić information content (AvgIpc) is 3.16. The van der Waals surface area contributed by atoms with Crippen molar-refractivity contribution in [3.8, 4) is 10.8 Å². The zero-order valence-electron chi connectivity index (χ0n) is 13.2. The molecule has 24 heavy (non-hydrogen) atoms. The maximum Gasteiger partial charge on any atom is 0.335 e.